The van der Waals surface area contributed by atoms with E-state index in [-0.39, 0.29) is 5.91 Å². The summed E-state index contributed by atoms with van der Waals surface area (Å²) in [6, 6.07) is 3.81. The maximum absolute atomic E-state index is 12.0. The maximum atomic E-state index is 12.0. The number of nitrogens with one attached hydrogen (secondary N) is 1. The minimum absolute atomic E-state index is 0.130. The van der Waals surface area contributed by atoms with E-state index in [1.165, 1.54) is 19.3 Å². The lowest BCUT2D eigenvalue weighted by atomic mass is 9.95. The van der Waals surface area contributed by atoms with Crippen LogP contribution in [0, 0.1) is 0 Å². The summed E-state index contributed by atoms with van der Waals surface area (Å²) < 4.78 is 5.13. The Morgan fingerprint density at radius 3 is 2.88 bits per heavy atom. The molecule has 0 aliphatic heterocycles. The second-order valence-corrected chi connectivity index (χ2v) is 4.36. The van der Waals surface area contributed by atoms with Crippen molar-refractivity contribution < 1.29 is 9.53 Å². The number of hydrogen-bond acceptors (Lipinski definition) is 3. The Hall–Kier alpha value is -1.58. The zero-order valence-electron chi connectivity index (χ0n) is 10.1. The number of nitrogens with zero attached hydrogens (tertiary/aromatic N) is 1. The van der Waals surface area contributed by atoms with E-state index < -0.39 is 0 Å². The summed E-state index contributed by atoms with van der Waals surface area (Å²) in [4.78, 5) is 16.1. The van der Waals surface area contributed by atoms with Gasteiger partial charge in [0.05, 0.1) is 7.11 Å². The Balaban J connectivity index is 2.03. The van der Waals surface area contributed by atoms with Crippen molar-refractivity contribution in [1.29, 1.82) is 0 Å². The van der Waals surface area contributed by atoms with E-state index >= 15 is 0 Å². The summed E-state index contributed by atoms with van der Waals surface area (Å²) in [5.41, 5.74) is 0.376. The SMILES string of the molecule is COc1cccnc1C(=O)NC1CCCCC1. The topological polar surface area (TPSA) is 51.2 Å². The third kappa shape index (κ3) is 2.96. The summed E-state index contributed by atoms with van der Waals surface area (Å²) in [6.45, 7) is 0. The fourth-order valence-electron chi connectivity index (χ4n) is 2.23. The summed E-state index contributed by atoms with van der Waals surface area (Å²) >= 11 is 0. The fourth-order valence-corrected chi connectivity index (χ4v) is 2.23. The van der Waals surface area contributed by atoms with Crippen LogP contribution in [0.1, 0.15) is 42.6 Å². The molecule has 4 heteroatoms. The molecule has 0 unspecified atom stereocenters. The zero-order chi connectivity index (χ0) is 12.1. The largest absolute Gasteiger partial charge is 0.494 e. The van der Waals surface area contributed by atoms with Gasteiger partial charge in [0, 0.05) is 12.2 Å². The first kappa shape index (κ1) is 11.9. The van der Waals surface area contributed by atoms with E-state index in [0.717, 1.165) is 12.8 Å². The van der Waals surface area contributed by atoms with Crippen molar-refractivity contribution in [2.24, 2.45) is 0 Å². The predicted molar refractivity (Wildman–Crippen MR) is 65.1 cm³/mol. The molecule has 17 heavy (non-hydrogen) atoms. The van der Waals surface area contributed by atoms with Crippen molar-refractivity contribution >= 4 is 5.91 Å². The van der Waals surface area contributed by atoms with Crippen LogP contribution in [-0.4, -0.2) is 24.0 Å². The molecule has 1 saturated carbocycles. The van der Waals surface area contributed by atoms with Gasteiger partial charge in [-0.05, 0) is 25.0 Å². The van der Waals surface area contributed by atoms with Crippen LogP contribution in [0.25, 0.3) is 0 Å². The molecule has 0 spiro atoms. The predicted octanol–water partition coefficient (Wildman–Crippen LogP) is 2.15. The second kappa shape index (κ2) is 5.66. The van der Waals surface area contributed by atoms with E-state index in [0.29, 0.717) is 17.5 Å². The van der Waals surface area contributed by atoms with Crippen LogP contribution in [0.3, 0.4) is 0 Å². The molecule has 0 atom stereocenters. The van der Waals surface area contributed by atoms with Gasteiger partial charge >= 0.3 is 0 Å². The van der Waals surface area contributed by atoms with Crippen LogP contribution in [0.4, 0.5) is 0 Å². The van der Waals surface area contributed by atoms with Gasteiger partial charge in [-0.25, -0.2) is 4.98 Å². The molecule has 92 valence electrons. The first-order valence-electron chi connectivity index (χ1n) is 6.11. The number of carbonyl (C=O) groups excluding carboxylic acids is 1. The van der Waals surface area contributed by atoms with E-state index in [1.54, 1.807) is 25.4 Å². The highest BCUT2D eigenvalue weighted by molar-refractivity contribution is 5.95. The Morgan fingerprint density at radius 2 is 2.18 bits per heavy atom. The van der Waals surface area contributed by atoms with Gasteiger partial charge in [-0.3, -0.25) is 4.79 Å². The lowest BCUT2D eigenvalue weighted by molar-refractivity contribution is 0.0919. The number of ether oxygens (including phenoxy) is 1. The highest BCUT2D eigenvalue weighted by Crippen LogP contribution is 2.19. The Kier molecular flexibility index (Phi) is 3.96. The van der Waals surface area contributed by atoms with E-state index in [4.69, 9.17) is 4.74 Å². The average Bonchev–Trinajstić information content (AvgIpc) is 2.40. The molecule has 2 rings (SSSR count). The number of hydrogen-bond donors (Lipinski definition) is 1. The van der Waals surface area contributed by atoms with Crippen LogP contribution in [-0.2, 0) is 0 Å². The van der Waals surface area contributed by atoms with Crippen LogP contribution in [0.5, 0.6) is 5.75 Å². The first-order valence-corrected chi connectivity index (χ1v) is 6.11. The minimum Gasteiger partial charge on any atom is -0.494 e. The Labute approximate surface area is 101 Å². The molecule has 1 N–H and O–H groups in total. The van der Waals surface area contributed by atoms with E-state index in [2.05, 4.69) is 10.3 Å². The van der Waals surface area contributed by atoms with Gasteiger partial charge in [0.1, 0.15) is 5.75 Å². The summed E-state index contributed by atoms with van der Waals surface area (Å²) in [5.74, 6) is 0.398. The molecular weight excluding hydrogens is 216 g/mol. The van der Waals surface area contributed by atoms with Crippen molar-refractivity contribution in [3.05, 3.63) is 24.0 Å². The standard InChI is InChI=1S/C13H18N2O2/c1-17-11-8-5-9-14-12(11)13(16)15-10-6-3-2-4-7-10/h5,8-10H,2-4,6-7H2,1H3,(H,15,16). The number of carbonyl (C=O) groups is 1. The van der Waals surface area contributed by atoms with Gasteiger partial charge in [-0.2, -0.15) is 0 Å². The number of rotatable bonds is 3. The number of methoxy groups -OCH3 is 1. The molecule has 0 aromatic carbocycles. The fraction of sp³-hybridized carbons (Fsp3) is 0.538. The van der Waals surface area contributed by atoms with Crippen molar-refractivity contribution in [2.45, 2.75) is 38.1 Å². The molecule has 1 heterocycles. The molecule has 1 aromatic rings. The number of pyridine rings is 1. The van der Waals surface area contributed by atoms with Crippen LogP contribution >= 0.6 is 0 Å². The van der Waals surface area contributed by atoms with Crippen LogP contribution in [0.2, 0.25) is 0 Å². The van der Waals surface area contributed by atoms with Crippen molar-refractivity contribution in [3.8, 4) is 5.75 Å². The average molecular weight is 234 g/mol. The Bertz CT molecular complexity index is 387. The van der Waals surface area contributed by atoms with Gasteiger partial charge < -0.3 is 10.1 Å². The minimum atomic E-state index is -0.130. The second-order valence-electron chi connectivity index (χ2n) is 4.36. The molecule has 1 fully saturated rings. The molecule has 0 saturated heterocycles. The third-order valence-corrected chi connectivity index (χ3v) is 3.15. The van der Waals surface area contributed by atoms with Gasteiger partial charge in [0.25, 0.3) is 5.91 Å². The van der Waals surface area contributed by atoms with Crippen molar-refractivity contribution in [1.82, 2.24) is 10.3 Å². The third-order valence-electron chi connectivity index (χ3n) is 3.15. The molecule has 0 radical (unpaired) electrons. The normalized spacial score (nSPS) is 16.5. The summed E-state index contributed by atoms with van der Waals surface area (Å²) in [7, 11) is 1.55. The van der Waals surface area contributed by atoms with Crippen molar-refractivity contribution in [3.63, 3.8) is 0 Å². The van der Waals surface area contributed by atoms with Gasteiger partial charge in [0.15, 0.2) is 5.69 Å². The lowest BCUT2D eigenvalue weighted by Gasteiger charge is -2.22. The molecular formula is C13H18N2O2. The number of aromatic nitrogens is 1. The zero-order valence-corrected chi connectivity index (χ0v) is 10.1. The summed E-state index contributed by atoms with van der Waals surface area (Å²) in [5, 5.41) is 3.03. The number of amides is 1. The lowest BCUT2D eigenvalue weighted by Crippen LogP contribution is -2.36. The molecule has 1 aliphatic carbocycles. The summed E-state index contributed by atoms with van der Waals surface area (Å²) in [6.07, 6.45) is 7.42. The van der Waals surface area contributed by atoms with Crippen LogP contribution in [0.15, 0.2) is 18.3 Å². The smallest absolute Gasteiger partial charge is 0.273 e. The van der Waals surface area contributed by atoms with E-state index in [9.17, 15) is 4.79 Å². The van der Waals surface area contributed by atoms with Gasteiger partial charge in [-0.15, -0.1) is 0 Å². The first-order chi connectivity index (χ1) is 8.31. The monoisotopic (exact) mass is 234 g/mol. The molecule has 1 aliphatic rings. The maximum Gasteiger partial charge on any atom is 0.273 e. The molecule has 0 bridgehead atoms. The highest BCUT2D eigenvalue weighted by atomic mass is 16.5. The van der Waals surface area contributed by atoms with E-state index in [1.807, 2.05) is 0 Å². The molecule has 1 aromatic heterocycles. The molecule has 4 nitrogen and oxygen atoms in total. The Morgan fingerprint density at radius 1 is 1.41 bits per heavy atom. The highest BCUT2D eigenvalue weighted by Gasteiger charge is 2.19. The van der Waals surface area contributed by atoms with Gasteiger partial charge in [-0.1, -0.05) is 19.3 Å². The van der Waals surface area contributed by atoms with Gasteiger partial charge in [0.2, 0.25) is 0 Å². The quantitative estimate of drug-likeness (QED) is 0.871. The molecule has 1 amide bonds. The van der Waals surface area contributed by atoms with Crippen LogP contribution < -0.4 is 10.1 Å². The van der Waals surface area contributed by atoms with Crippen molar-refractivity contribution in [2.75, 3.05) is 7.11 Å².